The van der Waals surface area contributed by atoms with Gasteiger partial charge >= 0.3 is 0 Å². The molecular formula is C28H43N3O4S. The molecule has 0 aromatic rings. The summed E-state index contributed by atoms with van der Waals surface area (Å²) < 4.78 is -0.662. The van der Waals surface area contributed by atoms with E-state index in [0.717, 1.165) is 32.1 Å². The number of fused-ring (bicyclic) bond motifs is 1. The van der Waals surface area contributed by atoms with Crippen molar-refractivity contribution in [2.75, 3.05) is 26.7 Å². The summed E-state index contributed by atoms with van der Waals surface area (Å²) in [4.78, 5) is 47.8. The number of rotatable bonds is 10. The SMILES string of the molecule is C=CCN(C)C(=O)[C@@H]1[C@H]2C(=O)N([C@@H](CC)CO)C(C(=O)N(CC=C)C3CCCCC3)C23S[C@@H]1CC3C. The Labute approximate surface area is 220 Å². The molecule has 1 spiro atoms. The summed E-state index contributed by atoms with van der Waals surface area (Å²) in [7, 11) is 1.76. The predicted molar refractivity (Wildman–Crippen MR) is 143 cm³/mol. The van der Waals surface area contributed by atoms with Gasteiger partial charge < -0.3 is 19.8 Å². The van der Waals surface area contributed by atoms with E-state index in [2.05, 4.69) is 20.1 Å². The molecule has 3 saturated heterocycles. The standard InChI is InChI=1S/C28H43N3O4S/c1-6-14-29(5)25(33)22-21-16-18(4)28(36-21)23(22)26(34)31(19(8-3)17-32)24(28)27(35)30(15-7-2)20-12-10-9-11-13-20/h6-7,18-24,32H,1-2,8-17H2,3-5H3/t18?,19-,21+,22-,23-,24?,28?/m0/s1. The van der Waals surface area contributed by atoms with Crippen molar-refractivity contribution in [3.8, 4) is 0 Å². The highest BCUT2D eigenvalue weighted by Crippen LogP contribution is 2.69. The van der Waals surface area contributed by atoms with Gasteiger partial charge in [0, 0.05) is 31.4 Å². The molecule has 0 aromatic heterocycles. The maximum atomic E-state index is 14.6. The lowest BCUT2D eigenvalue weighted by molar-refractivity contribution is -0.148. The number of likely N-dealkylation sites (N-methyl/N-ethyl adjacent to an activating group) is 1. The van der Waals surface area contributed by atoms with Crippen molar-refractivity contribution in [3.05, 3.63) is 25.3 Å². The highest BCUT2D eigenvalue weighted by molar-refractivity contribution is 8.02. The van der Waals surface area contributed by atoms with Gasteiger partial charge in [0.15, 0.2) is 0 Å². The molecule has 1 N–H and O–H groups in total. The third-order valence-corrected chi connectivity index (χ3v) is 11.3. The van der Waals surface area contributed by atoms with Crippen molar-refractivity contribution in [1.82, 2.24) is 14.7 Å². The quantitative estimate of drug-likeness (QED) is 0.451. The van der Waals surface area contributed by atoms with Crippen LogP contribution in [-0.2, 0) is 14.4 Å². The molecule has 4 fully saturated rings. The van der Waals surface area contributed by atoms with Crippen molar-refractivity contribution in [2.24, 2.45) is 17.8 Å². The van der Waals surface area contributed by atoms with Gasteiger partial charge in [-0.2, -0.15) is 0 Å². The van der Waals surface area contributed by atoms with Crippen molar-refractivity contribution in [2.45, 2.75) is 86.9 Å². The van der Waals surface area contributed by atoms with Crippen molar-refractivity contribution in [3.63, 3.8) is 0 Å². The van der Waals surface area contributed by atoms with Gasteiger partial charge in [0.2, 0.25) is 17.7 Å². The fourth-order valence-corrected chi connectivity index (χ4v) is 9.87. The van der Waals surface area contributed by atoms with Gasteiger partial charge in [-0.1, -0.05) is 45.3 Å². The second kappa shape index (κ2) is 10.9. The first-order chi connectivity index (χ1) is 17.3. The number of aliphatic hydroxyl groups is 1. The van der Waals surface area contributed by atoms with Crippen molar-refractivity contribution in [1.29, 1.82) is 0 Å². The van der Waals surface area contributed by atoms with E-state index in [9.17, 15) is 19.5 Å². The molecule has 36 heavy (non-hydrogen) atoms. The third kappa shape index (κ3) is 4.12. The first kappa shape index (κ1) is 27.2. The number of carbonyl (C=O) groups is 3. The van der Waals surface area contributed by atoms with Crippen LogP contribution < -0.4 is 0 Å². The lowest BCUT2D eigenvalue weighted by atomic mass is 9.65. The molecule has 0 aromatic carbocycles. The Morgan fingerprint density at radius 1 is 1.19 bits per heavy atom. The molecular weight excluding hydrogens is 474 g/mol. The molecule has 2 bridgehead atoms. The van der Waals surface area contributed by atoms with Gasteiger partial charge in [0.05, 0.1) is 29.2 Å². The van der Waals surface area contributed by atoms with Crippen LogP contribution >= 0.6 is 11.8 Å². The number of hydrogen-bond donors (Lipinski definition) is 1. The maximum absolute atomic E-state index is 14.6. The third-order valence-electron chi connectivity index (χ3n) is 9.18. The van der Waals surface area contributed by atoms with Crippen LogP contribution in [0.1, 0.15) is 58.8 Å². The van der Waals surface area contributed by atoms with Crippen LogP contribution in [0.2, 0.25) is 0 Å². The van der Waals surface area contributed by atoms with Crippen LogP contribution in [0.3, 0.4) is 0 Å². The van der Waals surface area contributed by atoms with E-state index in [1.54, 1.807) is 40.8 Å². The summed E-state index contributed by atoms with van der Waals surface area (Å²) in [6.07, 6.45) is 10.2. The van der Waals surface area contributed by atoms with Crippen molar-refractivity contribution >= 4 is 29.5 Å². The molecule has 3 heterocycles. The average molecular weight is 518 g/mol. The highest BCUT2D eigenvalue weighted by atomic mass is 32.2. The van der Waals surface area contributed by atoms with Gasteiger partial charge in [-0.05, 0) is 31.6 Å². The zero-order valence-electron chi connectivity index (χ0n) is 22.1. The topological polar surface area (TPSA) is 81.2 Å². The van der Waals surface area contributed by atoms with Gasteiger partial charge in [-0.3, -0.25) is 14.4 Å². The van der Waals surface area contributed by atoms with E-state index >= 15 is 0 Å². The zero-order valence-corrected chi connectivity index (χ0v) is 22.9. The Hall–Kier alpha value is -1.80. The molecule has 1 aliphatic carbocycles. The van der Waals surface area contributed by atoms with Gasteiger partial charge in [0.25, 0.3) is 0 Å². The summed E-state index contributed by atoms with van der Waals surface area (Å²) >= 11 is 1.70. The molecule has 200 valence electrons. The number of aliphatic hydroxyl groups excluding tert-OH is 1. The van der Waals surface area contributed by atoms with Crippen LogP contribution in [0.5, 0.6) is 0 Å². The molecule has 3 aliphatic heterocycles. The minimum atomic E-state index is -0.679. The summed E-state index contributed by atoms with van der Waals surface area (Å²) in [5, 5.41) is 10.3. The smallest absolute Gasteiger partial charge is 0.247 e. The van der Waals surface area contributed by atoms with Crippen molar-refractivity contribution < 1.29 is 19.5 Å². The number of carbonyl (C=O) groups excluding carboxylic acids is 3. The Morgan fingerprint density at radius 2 is 1.86 bits per heavy atom. The molecule has 1 saturated carbocycles. The Morgan fingerprint density at radius 3 is 2.44 bits per heavy atom. The Balaban J connectivity index is 1.79. The molecule has 7 nitrogen and oxygen atoms in total. The zero-order chi connectivity index (χ0) is 26.2. The van der Waals surface area contributed by atoms with Gasteiger partial charge in [-0.25, -0.2) is 0 Å². The largest absolute Gasteiger partial charge is 0.394 e. The summed E-state index contributed by atoms with van der Waals surface area (Å²) in [5.41, 5.74) is 0. The minimum Gasteiger partial charge on any atom is -0.394 e. The van der Waals surface area contributed by atoms with Gasteiger partial charge in [0.1, 0.15) is 6.04 Å². The van der Waals surface area contributed by atoms with Crippen LogP contribution in [0.25, 0.3) is 0 Å². The molecule has 3 amide bonds. The Kier molecular flexibility index (Phi) is 8.25. The maximum Gasteiger partial charge on any atom is 0.247 e. The lowest BCUT2D eigenvalue weighted by Crippen LogP contribution is -2.60. The molecule has 7 atom stereocenters. The van der Waals surface area contributed by atoms with E-state index < -0.39 is 28.7 Å². The molecule has 4 aliphatic rings. The second-order valence-electron chi connectivity index (χ2n) is 11.1. The monoisotopic (exact) mass is 517 g/mol. The number of amides is 3. The number of likely N-dealkylation sites (tertiary alicyclic amines) is 1. The minimum absolute atomic E-state index is 0.0166. The van der Waals surface area contributed by atoms with E-state index in [1.807, 2.05) is 11.8 Å². The second-order valence-corrected chi connectivity index (χ2v) is 12.7. The van der Waals surface area contributed by atoms with Gasteiger partial charge in [-0.15, -0.1) is 24.9 Å². The van der Waals surface area contributed by atoms with E-state index in [1.165, 1.54) is 6.42 Å². The number of thioether (sulfide) groups is 1. The van der Waals surface area contributed by atoms with E-state index in [-0.39, 0.29) is 41.5 Å². The van der Waals surface area contributed by atoms with E-state index in [0.29, 0.717) is 19.5 Å². The molecule has 0 radical (unpaired) electrons. The summed E-state index contributed by atoms with van der Waals surface area (Å²) in [6.45, 7) is 12.5. The summed E-state index contributed by atoms with van der Waals surface area (Å²) in [5.74, 6) is -1.10. The first-order valence-corrected chi connectivity index (χ1v) is 14.5. The fraction of sp³-hybridized carbons (Fsp3) is 0.750. The number of hydrogen-bond acceptors (Lipinski definition) is 5. The van der Waals surface area contributed by atoms with Crippen LogP contribution in [-0.4, -0.2) is 92.4 Å². The summed E-state index contributed by atoms with van der Waals surface area (Å²) in [6, 6.07) is -0.987. The normalized spacial score (nSPS) is 34.4. The predicted octanol–water partition coefficient (Wildman–Crippen LogP) is 3.09. The lowest BCUT2D eigenvalue weighted by Gasteiger charge is -2.44. The highest BCUT2D eigenvalue weighted by Gasteiger charge is 2.77. The molecule has 4 rings (SSSR count). The first-order valence-electron chi connectivity index (χ1n) is 13.7. The van der Waals surface area contributed by atoms with Crippen LogP contribution in [0.4, 0.5) is 0 Å². The number of nitrogens with zero attached hydrogens (tertiary/aromatic N) is 3. The Bertz CT molecular complexity index is 886. The average Bonchev–Trinajstić information content (AvgIpc) is 3.47. The van der Waals surface area contributed by atoms with E-state index in [4.69, 9.17) is 0 Å². The van der Waals surface area contributed by atoms with Crippen LogP contribution in [0.15, 0.2) is 25.3 Å². The molecule has 3 unspecified atom stereocenters. The fourth-order valence-electron chi connectivity index (χ4n) is 7.47. The molecule has 8 heteroatoms. The van der Waals surface area contributed by atoms with Crippen LogP contribution in [0, 0.1) is 17.8 Å².